The van der Waals surface area contributed by atoms with Gasteiger partial charge in [0.15, 0.2) is 0 Å². The van der Waals surface area contributed by atoms with E-state index in [0.29, 0.717) is 17.7 Å². The van der Waals surface area contributed by atoms with Crippen LogP contribution < -0.4 is 5.32 Å². The number of rotatable bonds is 4. The third-order valence-electron chi connectivity index (χ3n) is 2.59. The lowest BCUT2D eigenvalue weighted by Crippen LogP contribution is -2.18. The van der Waals surface area contributed by atoms with Gasteiger partial charge in [0, 0.05) is 12.5 Å². The molecule has 3 nitrogen and oxygen atoms in total. The lowest BCUT2D eigenvalue weighted by Gasteiger charge is -2.14. The Morgan fingerprint density at radius 2 is 2.28 bits per heavy atom. The van der Waals surface area contributed by atoms with Crippen molar-refractivity contribution in [1.29, 1.82) is 5.26 Å². The standard InChI is InChI=1S/C14H13FN2O/c1-10(7-12-3-2-6-18-12)17-14-5-4-11(9-16)8-13(14)15/h2-6,8,10,17H,7H2,1H3. The summed E-state index contributed by atoms with van der Waals surface area (Å²) < 4.78 is 18.9. The molecule has 0 saturated heterocycles. The summed E-state index contributed by atoms with van der Waals surface area (Å²) in [6, 6.07) is 10.0. The van der Waals surface area contributed by atoms with Gasteiger partial charge in [-0.1, -0.05) is 0 Å². The molecular formula is C14H13FN2O. The third kappa shape index (κ3) is 2.89. The Morgan fingerprint density at radius 3 is 2.89 bits per heavy atom. The zero-order valence-corrected chi connectivity index (χ0v) is 9.98. The van der Waals surface area contributed by atoms with Crippen molar-refractivity contribution in [3.63, 3.8) is 0 Å². The Hall–Kier alpha value is -2.28. The van der Waals surface area contributed by atoms with E-state index >= 15 is 0 Å². The van der Waals surface area contributed by atoms with Gasteiger partial charge in [0.05, 0.1) is 23.6 Å². The van der Waals surface area contributed by atoms with Crippen molar-refractivity contribution in [3.8, 4) is 6.07 Å². The smallest absolute Gasteiger partial charge is 0.147 e. The van der Waals surface area contributed by atoms with E-state index in [-0.39, 0.29) is 6.04 Å². The summed E-state index contributed by atoms with van der Waals surface area (Å²) >= 11 is 0. The number of halogens is 1. The van der Waals surface area contributed by atoms with Gasteiger partial charge in [0.2, 0.25) is 0 Å². The minimum absolute atomic E-state index is 0.0404. The zero-order chi connectivity index (χ0) is 13.0. The van der Waals surface area contributed by atoms with E-state index in [1.807, 2.05) is 25.1 Å². The second-order valence-corrected chi connectivity index (χ2v) is 4.14. The molecule has 1 N–H and O–H groups in total. The van der Waals surface area contributed by atoms with Gasteiger partial charge in [-0.25, -0.2) is 4.39 Å². The molecule has 0 spiro atoms. The topological polar surface area (TPSA) is 49.0 Å². The molecule has 0 aliphatic heterocycles. The van der Waals surface area contributed by atoms with Gasteiger partial charge in [-0.05, 0) is 37.3 Å². The molecule has 1 aromatic heterocycles. The second-order valence-electron chi connectivity index (χ2n) is 4.14. The molecule has 0 fully saturated rings. The van der Waals surface area contributed by atoms with Crippen LogP contribution in [0.2, 0.25) is 0 Å². The van der Waals surface area contributed by atoms with E-state index in [2.05, 4.69) is 5.32 Å². The van der Waals surface area contributed by atoms with Gasteiger partial charge in [-0.15, -0.1) is 0 Å². The van der Waals surface area contributed by atoms with Crippen LogP contribution in [0.25, 0.3) is 0 Å². The maximum Gasteiger partial charge on any atom is 0.147 e. The fraction of sp³-hybridized carbons (Fsp3) is 0.214. The summed E-state index contributed by atoms with van der Waals surface area (Å²) in [6.07, 6.45) is 2.29. The van der Waals surface area contributed by atoms with Crippen molar-refractivity contribution >= 4 is 5.69 Å². The first-order valence-electron chi connectivity index (χ1n) is 5.67. The first-order valence-corrected chi connectivity index (χ1v) is 5.67. The highest BCUT2D eigenvalue weighted by molar-refractivity contribution is 5.49. The van der Waals surface area contributed by atoms with Crippen LogP contribution >= 0.6 is 0 Å². The zero-order valence-electron chi connectivity index (χ0n) is 9.98. The maximum atomic E-state index is 13.6. The Balaban J connectivity index is 2.03. The average Bonchev–Trinajstić information content (AvgIpc) is 2.84. The molecule has 2 rings (SSSR count). The van der Waals surface area contributed by atoms with Gasteiger partial charge in [0.25, 0.3) is 0 Å². The normalized spacial score (nSPS) is 11.8. The largest absolute Gasteiger partial charge is 0.469 e. The predicted octanol–water partition coefficient (Wildman–Crippen LogP) is 3.33. The summed E-state index contributed by atoms with van der Waals surface area (Å²) in [5.41, 5.74) is 0.713. The summed E-state index contributed by atoms with van der Waals surface area (Å²) in [4.78, 5) is 0. The molecule has 1 heterocycles. The van der Waals surface area contributed by atoms with Crippen LogP contribution in [-0.2, 0) is 6.42 Å². The number of nitrogens with zero attached hydrogens (tertiary/aromatic N) is 1. The quantitative estimate of drug-likeness (QED) is 0.897. The summed E-state index contributed by atoms with van der Waals surface area (Å²) in [5, 5.41) is 11.7. The van der Waals surface area contributed by atoms with Gasteiger partial charge < -0.3 is 9.73 Å². The summed E-state index contributed by atoms with van der Waals surface area (Å²) in [7, 11) is 0. The van der Waals surface area contributed by atoms with Crippen molar-refractivity contribution < 1.29 is 8.81 Å². The molecule has 1 aromatic carbocycles. The maximum absolute atomic E-state index is 13.6. The van der Waals surface area contributed by atoms with E-state index in [1.54, 1.807) is 18.4 Å². The van der Waals surface area contributed by atoms with Crippen LogP contribution in [0.4, 0.5) is 10.1 Å². The molecule has 0 bridgehead atoms. The van der Waals surface area contributed by atoms with Crippen LogP contribution in [0, 0.1) is 17.1 Å². The molecule has 0 radical (unpaired) electrons. The number of nitriles is 1. The van der Waals surface area contributed by atoms with Crippen molar-refractivity contribution in [2.45, 2.75) is 19.4 Å². The molecule has 0 amide bonds. The lowest BCUT2D eigenvalue weighted by atomic mass is 10.1. The third-order valence-corrected chi connectivity index (χ3v) is 2.59. The highest BCUT2D eigenvalue weighted by Crippen LogP contribution is 2.17. The molecule has 4 heteroatoms. The Morgan fingerprint density at radius 1 is 1.44 bits per heavy atom. The van der Waals surface area contributed by atoms with E-state index in [9.17, 15) is 4.39 Å². The van der Waals surface area contributed by atoms with Gasteiger partial charge >= 0.3 is 0 Å². The van der Waals surface area contributed by atoms with Crippen molar-refractivity contribution in [3.05, 3.63) is 53.7 Å². The predicted molar refractivity (Wildman–Crippen MR) is 66.6 cm³/mol. The summed E-state index contributed by atoms with van der Waals surface area (Å²) in [6.45, 7) is 1.94. The second kappa shape index (κ2) is 5.37. The Labute approximate surface area is 105 Å². The molecule has 0 aliphatic carbocycles. The van der Waals surface area contributed by atoms with Crippen molar-refractivity contribution in [2.75, 3.05) is 5.32 Å². The van der Waals surface area contributed by atoms with Gasteiger partial charge in [-0.2, -0.15) is 5.26 Å². The summed E-state index contributed by atoms with van der Waals surface area (Å²) in [5.74, 6) is 0.435. The SMILES string of the molecule is CC(Cc1ccco1)Nc1ccc(C#N)cc1F. The fourth-order valence-corrected chi connectivity index (χ4v) is 1.75. The van der Waals surface area contributed by atoms with Crippen LogP contribution in [0.3, 0.4) is 0 Å². The Kier molecular flexibility index (Phi) is 3.63. The fourth-order valence-electron chi connectivity index (χ4n) is 1.75. The number of hydrogen-bond acceptors (Lipinski definition) is 3. The molecule has 0 saturated carbocycles. The van der Waals surface area contributed by atoms with Crippen LogP contribution in [0.1, 0.15) is 18.2 Å². The van der Waals surface area contributed by atoms with E-state index in [4.69, 9.17) is 9.68 Å². The molecule has 92 valence electrons. The van der Waals surface area contributed by atoms with Gasteiger partial charge in [0.1, 0.15) is 11.6 Å². The minimum atomic E-state index is -0.416. The molecular weight excluding hydrogens is 231 g/mol. The van der Waals surface area contributed by atoms with Gasteiger partial charge in [-0.3, -0.25) is 0 Å². The lowest BCUT2D eigenvalue weighted by molar-refractivity contribution is 0.497. The number of anilines is 1. The first-order chi connectivity index (χ1) is 8.69. The molecule has 1 unspecified atom stereocenters. The number of nitrogens with one attached hydrogen (secondary N) is 1. The number of hydrogen-bond donors (Lipinski definition) is 1. The Bertz CT molecular complexity index is 558. The molecule has 18 heavy (non-hydrogen) atoms. The number of benzene rings is 1. The van der Waals surface area contributed by atoms with E-state index in [1.165, 1.54) is 6.07 Å². The molecule has 1 atom stereocenters. The average molecular weight is 244 g/mol. The first kappa shape index (κ1) is 12.2. The number of furan rings is 1. The molecule has 2 aromatic rings. The van der Waals surface area contributed by atoms with Crippen LogP contribution in [0.5, 0.6) is 0 Å². The van der Waals surface area contributed by atoms with E-state index < -0.39 is 5.82 Å². The molecule has 0 aliphatic rings. The van der Waals surface area contributed by atoms with Crippen molar-refractivity contribution in [2.24, 2.45) is 0 Å². The highest BCUT2D eigenvalue weighted by Gasteiger charge is 2.09. The minimum Gasteiger partial charge on any atom is -0.469 e. The van der Waals surface area contributed by atoms with E-state index in [0.717, 1.165) is 5.76 Å². The van der Waals surface area contributed by atoms with Crippen LogP contribution in [-0.4, -0.2) is 6.04 Å². The van der Waals surface area contributed by atoms with Crippen molar-refractivity contribution in [1.82, 2.24) is 0 Å². The monoisotopic (exact) mass is 244 g/mol. The van der Waals surface area contributed by atoms with Crippen LogP contribution in [0.15, 0.2) is 41.0 Å². The highest BCUT2D eigenvalue weighted by atomic mass is 19.1.